The molecule has 1 saturated heterocycles. The molecule has 1 fully saturated rings. The lowest BCUT2D eigenvalue weighted by atomic mass is 9.94. The molecule has 1 atom stereocenters. The van der Waals surface area contributed by atoms with Gasteiger partial charge in [-0.15, -0.1) is 0 Å². The van der Waals surface area contributed by atoms with Crippen LogP contribution in [0, 0.1) is 6.92 Å². The fraction of sp³-hybridized carbons (Fsp3) is 0.407. The summed E-state index contributed by atoms with van der Waals surface area (Å²) in [6.45, 7) is 9.12. The summed E-state index contributed by atoms with van der Waals surface area (Å²) in [5.41, 5.74) is 2.02. The SMILES string of the molecule is CCCOc1ccc(/C(O)=C2/C(=O)C(=O)N(CCC)C2c2ccc(OC)c(OCC)c2)cc1C. The number of benzene rings is 2. The number of ketones is 1. The zero-order valence-electron chi connectivity index (χ0n) is 20.5. The van der Waals surface area contributed by atoms with Gasteiger partial charge in [0, 0.05) is 12.1 Å². The second-order valence-corrected chi connectivity index (χ2v) is 8.16. The van der Waals surface area contributed by atoms with Gasteiger partial charge in [0.25, 0.3) is 11.7 Å². The molecule has 34 heavy (non-hydrogen) atoms. The predicted octanol–water partition coefficient (Wildman–Crippen LogP) is 5.02. The van der Waals surface area contributed by atoms with E-state index in [1.165, 1.54) is 4.90 Å². The van der Waals surface area contributed by atoms with E-state index >= 15 is 0 Å². The topological polar surface area (TPSA) is 85.3 Å². The lowest BCUT2D eigenvalue weighted by Crippen LogP contribution is -2.30. The molecule has 2 aromatic rings. The Bertz CT molecular complexity index is 1090. The molecule has 3 rings (SSSR count). The van der Waals surface area contributed by atoms with Crippen LogP contribution in [-0.4, -0.2) is 48.6 Å². The van der Waals surface area contributed by atoms with E-state index in [1.807, 2.05) is 27.7 Å². The smallest absolute Gasteiger partial charge is 0.295 e. The molecule has 1 heterocycles. The second-order valence-electron chi connectivity index (χ2n) is 8.16. The number of methoxy groups -OCH3 is 1. The fourth-order valence-electron chi connectivity index (χ4n) is 4.16. The average Bonchev–Trinajstić information content (AvgIpc) is 3.08. The fourth-order valence-corrected chi connectivity index (χ4v) is 4.16. The van der Waals surface area contributed by atoms with Crippen molar-refractivity contribution >= 4 is 17.4 Å². The van der Waals surface area contributed by atoms with Crippen LogP contribution in [0.2, 0.25) is 0 Å². The quantitative estimate of drug-likeness (QED) is 0.300. The summed E-state index contributed by atoms with van der Waals surface area (Å²) in [6.07, 6.45) is 1.55. The first kappa shape index (κ1) is 25.1. The number of Topliss-reactive ketones (excluding diaryl/α,β-unsaturated/α-hetero) is 1. The van der Waals surface area contributed by atoms with Crippen LogP contribution in [0.4, 0.5) is 0 Å². The molecule has 0 bridgehead atoms. The molecular weight excluding hydrogens is 434 g/mol. The number of aliphatic hydroxyl groups excluding tert-OH is 1. The molecule has 1 aliphatic heterocycles. The summed E-state index contributed by atoms with van der Waals surface area (Å²) in [6, 6.07) is 9.82. The minimum Gasteiger partial charge on any atom is -0.507 e. The molecule has 0 saturated carbocycles. The molecule has 0 spiro atoms. The van der Waals surface area contributed by atoms with Crippen LogP contribution in [0.5, 0.6) is 17.2 Å². The molecule has 1 N–H and O–H groups in total. The highest BCUT2D eigenvalue weighted by Crippen LogP contribution is 2.42. The largest absolute Gasteiger partial charge is 0.507 e. The highest BCUT2D eigenvalue weighted by molar-refractivity contribution is 6.46. The molecular formula is C27H33NO6. The molecule has 1 aliphatic rings. The van der Waals surface area contributed by atoms with E-state index in [-0.39, 0.29) is 11.3 Å². The lowest BCUT2D eigenvalue weighted by Gasteiger charge is -2.25. The number of amides is 1. The number of carbonyl (C=O) groups is 2. The maximum atomic E-state index is 13.1. The Morgan fingerprint density at radius 2 is 1.71 bits per heavy atom. The van der Waals surface area contributed by atoms with Crippen molar-refractivity contribution in [3.8, 4) is 17.2 Å². The first-order chi connectivity index (χ1) is 16.4. The van der Waals surface area contributed by atoms with Gasteiger partial charge in [-0.3, -0.25) is 9.59 Å². The Kier molecular flexibility index (Phi) is 8.21. The summed E-state index contributed by atoms with van der Waals surface area (Å²) in [5, 5.41) is 11.3. The van der Waals surface area contributed by atoms with Crippen molar-refractivity contribution in [2.24, 2.45) is 0 Å². The molecule has 0 radical (unpaired) electrons. The molecule has 1 amide bonds. The van der Waals surface area contributed by atoms with E-state index in [0.29, 0.717) is 48.8 Å². The Balaban J connectivity index is 2.14. The summed E-state index contributed by atoms with van der Waals surface area (Å²) < 4.78 is 16.8. The molecule has 0 aliphatic carbocycles. The van der Waals surface area contributed by atoms with Crippen LogP contribution >= 0.6 is 0 Å². The third kappa shape index (κ3) is 4.88. The third-order valence-electron chi connectivity index (χ3n) is 5.72. The first-order valence-electron chi connectivity index (χ1n) is 11.7. The van der Waals surface area contributed by atoms with Gasteiger partial charge >= 0.3 is 0 Å². The van der Waals surface area contributed by atoms with Crippen LogP contribution in [0.15, 0.2) is 42.0 Å². The van der Waals surface area contributed by atoms with Gasteiger partial charge < -0.3 is 24.2 Å². The van der Waals surface area contributed by atoms with Crippen LogP contribution in [-0.2, 0) is 9.59 Å². The first-order valence-corrected chi connectivity index (χ1v) is 11.7. The van der Waals surface area contributed by atoms with E-state index in [1.54, 1.807) is 43.5 Å². The maximum absolute atomic E-state index is 13.1. The highest BCUT2D eigenvalue weighted by atomic mass is 16.5. The van der Waals surface area contributed by atoms with Crippen molar-refractivity contribution in [3.05, 3.63) is 58.7 Å². The zero-order chi connectivity index (χ0) is 24.8. The Hall–Kier alpha value is -3.48. The van der Waals surface area contributed by atoms with Crippen LogP contribution in [0.25, 0.3) is 5.76 Å². The van der Waals surface area contributed by atoms with E-state index in [4.69, 9.17) is 14.2 Å². The van der Waals surface area contributed by atoms with E-state index in [0.717, 1.165) is 17.7 Å². The molecule has 1 unspecified atom stereocenters. The number of hydrogen-bond acceptors (Lipinski definition) is 6. The number of aryl methyl sites for hydroxylation is 1. The molecule has 2 aromatic carbocycles. The van der Waals surface area contributed by atoms with Crippen LogP contribution < -0.4 is 14.2 Å². The summed E-state index contributed by atoms with van der Waals surface area (Å²) in [4.78, 5) is 27.6. The number of rotatable bonds is 10. The molecule has 182 valence electrons. The van der Waals surface area contributed by atoms with Gasteiger partial charge in [-0.1, -0.05) is 19.9 Å². The molecule has 0 aromatic heterocycles. The van der Waals surface area contributed by atoms with E-state index in [9.17, 15) is 14.7 Å². The normalized spacial score (nSPS) is 17.2. The van der Waals surface area contributed by atoms with E-state index in [2.05, 4.69) is 0 Å². The summed E-state index contributed by atoms with van der Waals surface area (Å²) >= 11 is 0. The summed E-state index contributed by atoms with van der Waals surface area (Å²) in [7, 11) is 1.55. The Morgan fingerprint density at radius 1 is 0.971 bits per heavy atom. The average molecular weight is 468 g/mol. The number of carbonyl (C=O) groups excluding carboxylic acids is 2. The van der Waals surface area contributed by atoms with Gasteiger partial charge in [0.15, 0.2) is 11.5 Å². The lowest BCUT2D eigenvalue weighted by molar-refractivity contribution is -0.139. The van der Waals surface area contributed by atoms with Gasteiger partial charge in [0.1, 0.15) is 11.5 Å². The van der Waals surface area contributed by atoms with Crippen molar-refractivity contribution in [3.63, 3.8) is 0 Å². The molecule has 7 heteroatoms. The van der Waals surface area contributed by atoms with Gasteiger partial charge in [-0.2, -0.15) is 0 Å². The van der Waals surface area contributed by atoms with Gasteiger partial charge in [0.2, 0.25) is 0 Å². The van der Waals surface area contributed by atoms with Crippen molar-refractivity contribution in [1.82, 2.24) is 4.90 Å². The van der Waals surface area contributed by atoms with Gasteiger partial charge in [0.05, 0.1) is 31.9 Å². The van der Waals surface area contributed by atoms with E-state index < -0.39 is 17.7 Å². The van der Waals surface area contributed by atoms with Crippen molar-refractivity contribution in [1.29, 1.82) is 0 Å². The Labute approximate surface area is 200 Å². The number of hydrogen-bond donors (Lipinski definition) is 1. The number of ether oxygens (including phenoxy) is 3. The monoisotopic (exact) mass is 467 g/mol. The predicted molar refractivity (Wildman–Crippen MR) is 130 cm³/mol. The van der Waals surface area contributed by atoms with Crippen LogP contribution in [0.1, 0.15) is 56.3 Å². The number of nitrogens with zero attached hydrogens (tertiary/aromatic N) is 1. The van der Waals surface area contributed by atoms with Crippen molar-refractivity contribution < 1.29 is 28.9 Å². The summed E-state index contributed by atoms with van der Waals surface area (Å²) in [5.74, 6) is 0.253. The van der Waals surface area contributed by atoms with Crippen LogP contribution in [0.3, 0.4) is 0 Å². The minimum absolute atomic E-state index is 0.0627. The second kappa shape index (κ2) is 11.1. The van der Waals surface area contributed by atoms with Crippen molar-refractivity contribution in [2.75, 3.05) is 26.9 Å². The van der Waals surface area contributed by atoms with Gasteiger partial charge in [-0.05, 0) is 68.1 Å². The molecule has 7 nitrogen and oxygen atoms in total. The number of aliphatic hydroxyl groups is 1. The van der Waals surface area contributed by atoms with Crippen molar-refractivity contribution in [2.45, 2.75) is 46.6 Å². The third-order valence-corrected chi connectivity index (χ3v) is 5.72. The zero-order valence-corrected chi connectivity index (χ0v) is 20.5. The standard InChI is InChI=1S/C27H33NO6/c1-6-13-28-24(18-9-12-21(32-5)22(16-18)33-8-3)23(26(30)27(28)31)25(29)19-10-11-20(17(4)15-19)34-14-7-2/h9-12,15-16,24,29H,6-8,13-14H2,1-5H3/b25-23-. The minimum atomic E-state index is -0.735. The Morgan fingerprint density at radius 3 is 2.32 bits per heavy atom. The van der Waals surface area contributed by atoms with Gasteiger partial charge in [-0.25, -0.2) is 0 Å². The maximum Gasteiger partial charge on any atom is 0.295 e. The highest BCUT2D eigenvalue weighted by Gasteiger charge is 2.45. The number of likely N-dealkylation sites (tertiary alicyclic amines) is 1.